The Morgan fingerprint density at radius 1 is 1.41 bits per heavy atom. The van der Waals surface area contributed by atoms with Crippen LogP contribution in [-0.2, 0) is 7.05 Å². The zero-order chi connectivity index (χ0) is 19.6. The fourth-order valence-electron chi connectivity index (χ4n) is 2.44. The fourth-order valence-corrected chi connectivity index (χ4v) is 4.12. The Morgan fingerprint density at radius 3 is 2.78 bits per heavy atom. The maximum atomic E-state index is 12.8. The van der Waals surface area contributed by atoms with Crippen LogP contribution >= 0.6 is 23.1 Å². The third-order valence-corrected chi connectivity index (χ3v) is 6.29. The van der Waals surface area contributed by atoms with E-state index in [-0.39, 0.29) is 23.2 Å². The highest BCUT2D eigenvalue weighted by atomic mass is 32.2. The van der Waals surface area contributed by atoms with Gasteiger partial charge in [0.15, 0.2) is 5.16 Å². The molecule has 0 aliphatic rings. The van der Waals surface area contributed by atoms with Crippen LogP contribution in [-0.4, -0.2) is 37.5 Å². The number of aromatic nitrogens is 3. The Morgan fingerprint density at radius 2 is 2.19 bits per heavy atom. The van der Waals surface area contributed by atoms with Crippen molar-refractivity contribution in [2.45, 2.75) is 23.0 Å². The van der Waals surface area contributed by atoms with Crippen LogP contribution in [0.5, 0.6) is 0 Å². The maximum Gasteiger partial charge on any atom is 0.284 e. The number of thiophene rings is 1. The maximum absolute atomic E-state index is 12.8. The average molecular weight is 403 g/mol. The summed E-state index contributed by atoms with van der Waals surface area (Å²) < 4.78 is 1.67. The summed E-state index contributed by atoms with van der Waals surface area (Å²) in [6.07, 6.45) is 1.52. The van der Waals surface area contributed by atoms with Crippen molar-refractivity contribution in [1.29, 1.82) is 0 Å². The zero-order valence-corrected chi connectivity index (χ0v) is 16.5. The van der Waals surface area contributed by atoms with Crippen molar-refractivity contribution >= 4 is 34.7 Å². The van der Waals surface area contributed by atoms with E-state index in [1.165, 1.54) is 12.4 Å². The first-order valence-electron chi connectivity index (χ1n) is 7.99. The van der Waals surface area contributed by atoms with E-state index >= 15 is 0 Å². The molecule has 0 fully saturated rings. The van der Waals surface area contributed by atoms with Crippen molar-refractivity contribution in [3.8, 4) is 0 Å². The van der Waals surface area contributed by atoms with E-state index < -0.39 is 4.92 Å². The molecule has 1 atom stereocenters. The van der Waals surface area contributed by atoms with Crippen LogP contribution in [0.2, 0.25) is 0 Å². The van der Waals surface area contributed by atoms with E-state index in [1.54, 1.807) is 47.0 Å². The lowest BCUT2D eigenvalue weighted by Gasteiger charge is -2.24. The molecular formula is C17H17N5O3S2. The summed E-state index contributed by atoms with van der Waals surface area (Å²) in [6.45, 7) is 1.93. The third kappa shape index (κ3) is 4.01. The molecule has 2 heterocycles. The highest BCUT2D eigenvalue weighted by Gasteiger charge is 2.24. The SMILES string of the molecule is CC(c1cccs1)N(C)C(=O)c1ccc(Sc2nncn2C)c([N+](=O)[O-])c1. The van der Waals surface area contributed by atoms with Crippen LogP contribution in [0, 0.1) is 10.1 Å². The number of carbonyl (C=O) groups is 1. The Labute approximate surface area is 164 Å². The highest BCUT2D eigenvalue weighted by molar-refractivity contribution is 7.99. The minimum Gasteiger partial charge on any atom is -0.334 e. The summed E-state index contributed by atoms with van der Waals surface area (Å²) in [4.78, 5) is 26.9. The van der Waals surface area contributed by atoms with Gasteiger partial charge in [-0.1, -0.05) is 6.07 Å². The summed E-state index contributed by atoms with van der Waals surface area (Å²) in [5, 5.41) is 21.7. The van der Waals surface area contributed by atoms with Crippen molar-refractivity contribution < 1.29 is 9.72 Å². The van der Waals surface area contributed by atoms with E-state index in [0.717, 1.165) is 16.6 Å². The first-order chi connectivity index (χ1) is 12.9. The Balaban J connectivity index is 1.88. The lowest BCUT2D eigenvalue weighted by molar-refractivity contribution is -0.387. The molecule has 0 N–H and O–H groups in total. The quantitative estimate of drug-likeness (QED) is 0.459. The van der Waals surface area contributed by atoms with Crippen LogP contribution < -0.4 is 0 Å². The van der Waals surface area contributed by atoms with Crippen LogP contribution in [0.25, 0.3) is 0 Å². The topological polar surface area (TPSA) is 94.2 Å². The first kappa shape index (κ1) is 19.1. The van der Waals surface area contributed by atoms with Gasteiger partial charge in [0, 0.05) is 30.6 Å². The molecule has 10 heteroatoms. The van der Waals surface area contributed by atoms with Gasteiger partial charge in [0.1, 0.15) is 6.33 Å². The lowest BCUT2D eigenvalue weighted by Crippen LogP contribution is -2.29. The zero-order valence-electron chi connectivity index (χ0n) is 14.9. The van der Waals surface area contributed by atoms with Crippen molar-refractivity contribution in [1.82, 2.24) is 19.7 Å². The lowest BCUT2D eigenvalue weighted by atomic mass is 10.1. The molecule has 0 saturated carbocycles. The molecule has 2 aromatic heterocycles. The fraction of sp³-hybridized carbons (Fsp3) is 0.235. The predicted molar refractivity (Wildman–Crippen MR) is 103 cm³/mol. The molecule has 0 aliphatic heterocycles. The second-order valence-corrected chi connectivity index (χ2v) is 7.86. The number of aryl methyl sites for hydroxylation is 1. The van der Waals surface area contributed by atoms with E-state index in [0.29, 0.717) is 10.1 Å². The van der Waals surface area contributed by atoms with E-state index in [9.17, 15) is 14.9 Å². The van der Waals surface area contributed by atoms with Gasteiger partial charge < -0.3 is 9.47 Å². The number of carbonyl (C=O) groups excluding carboxylic acids is 1. The molecule has 8 nitrogen and oxygen atoms in total. The van der Waals surface area contributed by atoms with Gasteiger partial charge in [-0.05, 0) is 42.3 Å². The molecule has 1 unspecified atom stereocenters. The van der Waals surface area contributed by atoms with Crippen molar-refractivity contribution in [3.63, 3.8) is 0 Å². The second kappa shape index (κ2) is 7.89. The number of nitro groups is 1. The van der Waals surface area contributed by atoms with Gasteiger partial charge in [-0.25, -0.2) is 0 Å². The van der Waals surface area contributed by atoms with Gasteiger partial charge in [-0.15, -0.1) is 21.5 Å². The summed E-state index contributed by atoms with van der Waals surface area (Å²) in [5.74, 6) is -0.269. The molecule has 0 spiro atoms. The number of hydrogen-bond acceptors (Lipinski definition) is 7. The van der Waals surface area contributed by atoms with Gasteiger partial charge in [0.05, 0.1) is 15.9 Å². The molecule has 0 radical (unpaired) electrons. The van der Waals surface area contributed by atoms with Crippen molar-refractivity contribution in [2.24, 2.45) is 7.05 Å². The van der Waals surface area contributed by atoms with Crippen molar-refractivity contribution in [3.05, 3.63) is 62.6 Å². The minimum atomic E-state index is -0.488. The van der Waals surface area contributed by atoms with Gasteiger partial charge in [0.2, 0.25) is 0 Å². The number of hydrogen-bond donors (Lipinski definition) is 0. The molecule has 140 valence electrons. The molecule has 0 bridgehead atoms. The molecule has 3 rings (SSSR count). The largest absolute Gasteiger partial charge is 0.334 e. The van der Waals surface area contributed by atoms with Gasteiger partial charge in [0.25, 0.3) is 11.6 Å². The first-order valence-corrected chi connectivity index (χ1v) is 9.69. The van der Waals surface area contributed by atoms with E-state index in [4.69, 9.17) is 0 Å². The third-order valence-electron chi connectivity index (χ3n) is 4.13. The molecule has 0 saturated heterocycles. The molecule has 1 amide bonds. The summed E-state index contributed by atoms with van der Waals surface area (Å²) in [7, 11) is 3.45. The normalized spacial score (nSPS) is 12.0. The monoisotopic (exact) mass is 403 g/mol. The van der Waals surface area contributed by atoms with Gasteiger partial charge in [-0.3, -0.25) is 14.9 Å². The number of nitro benzene ring substituents is 1. The van der Waals surface area contributed by atoms with Crippen molar-refractivity contribution in [2.75, 3.05) is 7.05 Å². The van der Waals surface area contributed by atoms with Crippen LogP contribution in [0.1, 0.15) is 28.2 Å². The molecular weight excluding hydrogens is 386 g/mol. The number of rotatable bonds is 6. The smallest absolute Gasteiger partial charge is 0.284 e. The Hall–Kier alpha value is -2.72. The standard InChI is InChI=1S/C17H17N5O3S2/c1-11(14-5-4-8-26-14)21(3)16(23)12-6-7-15(13(9-12)22(24)25)27-17-19-18-10-20(17)2/h4-11H,1-3H3. The van der Waals surface area contributed by atoms with Crippen LogP contribution in [0.4, 0.5) is 5.69 Å². The van der Waals surface area contributed by atoms with Gasteiger partial charge in [-0.2, -0.15) is 0 Å². The van der Waals surface area contributed by atoms with Gasteiger partial charge >= 0.3 is 0 Å². The molecule has 1 aromatic carbocycles. The summed E-state index contributed by atoms with van der Waals surface area (Å²) in [6, 6.07) is 8.27. The highest BCUT2D eigenvalue weighted by Crippen LogP contribution is 2.35. The van der Waals surface area contributed by atoms with E-state index in [2.05, 4.69) is 10.2 Å². The van der Waals surface area contributed by atoms with Crippen LogP contribution in [0.3, 0.4) is 0 Å². The second-order valence-electron chi connectivity index (χ2n) is 5.87. The number of amides is 1. The molecule has 0 aliphatic carbocycles. The Bertz CT molecular complexity index is 971. The minimum absolute atomic E-state index is 0.121. The average Bonchev–Trinajstić information content (AvgIpc) is 3.32. The molecule has 27 heavy (non-hydrogen) atoms. The number of benzene rings is 1. The summed E-state index contributed by atoms with van der Waals surface area (Å²) in [5.41, 5.74) is 0.140. The predicted octanol–water partition coefficient (Wildman–Crippen LogP) is 3.77. The Kier molecular flexibility index (Phi) is 5.57. The number of nitrogens with zero attached hydrogens (tertiary/aromatic N) is 5. The van der Waals surface area contributed by atoms with Crippen LogP contribution in [0.15, 0.2) is 52.1 Å². The van der Waals surface area contributed by atoms with E-state index in [1.807, 2.05) is 24.4 Å². The summed E-state index contributed by atoms with van der Waals surface area (Å²) >= 11 is 2.70. The molecule has 3 aromatic rings.